The number of nitriles is 1. The van der Waals surface area contributed by atoms with E-state index in [1.165, 1.54) is 6.92 Å². The molecule has 5 nitrogen and oxygen atoms in total. The monoisotopic (exact) mass is 296 g/mol. The number of hydrogen-bond acceptors (Lipinski definition) is 3. The van der Waals surface area contributed by atoms with E-state index < -0.39 is 5.97 Å². The van der Waals surface area contributed by atoms with E-state index in [4.69, 9.17) is 0 Å². The maximum atomic E-state index is 11.6. The zero-order valence-electron chi connectivity index (χ0n) is 12.7. The average Bonchev–Trinajstić information content (AvgIpc) is 2.79. The summed E-state index contributed by atoms with van der Waals surface area (Å²) in [6.45, 7) is 3.35. The summed E-state index contributed by atoms with van der Waals surface area (Å²) in [7, 11) is 1.65. The first-order valence-corrected chi connectivity index (χ1v) is 6.88. The Balaban J connectivity index is 2.76. The molecule has 0 atom stereocenters. The molecule has 1 heterocycles. The lowest BCUT2D eigenvalue weighted by molar-refractivity contribution is 0.0687. The van der Waals surface area contributed by atoms with Crippen molar-refractivity contribution in [1.82, 2.24) is 4.57 Å². The molecule has 0 aliphatic heterocycles. The van der Waals surface area contributed by atoms with Gasteiger partial charge < -0.3 is 9.67 Å². The molecule has 22 heavy (non-hydrogen) atoms. The Labute approximate surface area is 128 Å². The maximum Gasteiger partial charge on any atom is 0.353 e. The van der Waals surface area contributed by atoms with Crippen LogP contribution in [0, 0.1) is 11.3 Å². The van der Waals surface area contributed by atoms with Gasteiger partial charge in [0.15, 0.2) is 5.78 Å². The number of carbonyl (C=O) groups is 2. The molecule has 0 unspecified atom stereocenters. The van der Waals surface area contributed by atoms with E-state index >= 15 is 0 Å². The second-order valence-corrected chi connectivity index (χ2v) is 5.01. The highest BCUT2D eigenvalue weighted by Gasteiger charge is 2.25. The fraction of sp³-hybridized carbons (Fsp3) is 0.235. The summed E-state index contributed by atoms with van der Waals surface area (Å²) in [5.41, 5.74) is 2.72. The van der Waals surface area contributed by atoms with E-state index in [1.54, 1.807) is 35.9 Å². The van der Waals surface area contributed by atoms with Crippen LogP contribution in [-0.4, -0.2) is 21.4 Å². The van der Waals surface area contributed by atoms with Crippen LogP contribution in [0.15, 0.2) is 24.3 Å². The Morgan fingerprint density at radius 3 is 2.27 bits per heavy atom. The summed E-state index contributed by atoms with van der Waals surface area (Å²) in [6, 6.07) is 8.76. The van der Waals surface area contributed by atoms with Gasteiger partial charge in [0.05, 0.1) is 5.56 Å². The first-order valence-electron chi connectivity index (χ1n) is 6.88. The van der Waals surface area contributed by atoms with Gasteiger partial charge in [0.25, 0.3) is 0 Å². The van der Waals surface area contributed by atoms with Crippen molar-refractivity contribution < 1.29 is 14.7 Å². The van der Waals surface area contributed by atoms with Crippen molar-refractivity contribution in [3.8, 4) is 17.2 Å². The Hall–Kier alpha value is -2.87. The van der Waals surface area contributed by atoms with Gasteiger partial charge in [-0.1, -0.05) is 31.2 Å². The van der Waals surface area contributed by atoms with Crippen molar-refractivity contribution in [2.45, 2.75) is 20.3 Å². The number of ketones is 1. The lowest BCUT2D eigenvalue weighted by atomic mass is 9.98. The molecule has 0 aliphatic rings. The third-order valence-corrected chi connectivity index (χ3v) is 3.75. The molecule has 1 aromatic carbocycles. The minimum absolute atomic E-state index is 0.0622. The number of Topliss-reactive ketones (excluding diaryl/α,β-unsaturated/α-hetero) is 1. The van der Waals surface area contributed by atoms with Crippen LogP contribution in [0.2, 0.25) is 0 Å². The van der Waals surface area contributed by atoms with Gasteiger partial charge in [0.1, 0.15) is 11.8 Å². The van der Waals surface area contributed by atoms with Crippen LogP contribution >= 0.6 is 0 Å². The number of carboxylic acid groups (broad SMARTS) is 1. The van der Waals surface area contributed by atoms with Crippen molar-refractivity contribution in [2.75, 3.05) is 0 Å². The third kappa shape index (κ3) is 2.40. The summed E-state index contributed by atoms with van der Waals surface area (Å²) in [5.74, 6) is -1.14. The van der Waals surface area contributed by atoms with Crippen molar-refractivity contribution in [2.24, 2.45) is 7.05 Å². The van der Waals surface area contributed by atoms with Crippen molar-refractivity contribution in [3.63, 3.8) is 0 Å². The smallest absolute Gasteiger partial charge is 0.353 e. The Bertz CT molecular complexity index is 793. The molecule has 1 N–H and O–H groups in total. The fourth-order valence-corrected chi connectivity index (χ4v) is 2.67. The summed E-state index contributed by atoms with van der Waals surface area (Å²) in [5, 5.41) is 18.9. The number of carboxylic acids is 1. The van der Waals surface area contributed by atoms with Crippen molar-refractivity contribution in [3.05, 3.63) is 46.8 Å². The van der Waals surface area contributed by atoms with Gasteiger partial charge in [0.2, 0.25) is 0 Å². The normalized spacial score (nSPS) is 10.3. The standard InChI is InChI=1S/C17H16N2O3/c1-4-14-13(9-18)15(16(17(21)22)19(14)3)12-7-5-11(6-8-12)10(2)20/h5-8H,4H2,1-3H3,(H,21,22). The number of nitrogens with zero attached hydrogens (tertiary/aromatic N) is 2. The minimum atomic E-state index is -1.08. The van der Waals surface area contributed by atoms with Gasteiger partial charge in [-0.05, 0) is 18.9 Å². The molecule has 0 amide bonds. The molecule has 0 saturated heterocycles. The summed E-state index contributed by atoms with van der Waals surface area (Å²) in [4.78, 5) is 22.9. The number of carbonyl (C=O) groups excluding carboxylic acids is 1. The molecule has 0 saturated carbocycles. The van der Waals surface area contributed by atoms with Gasteiger partial charge in [-0.3, -0.25) is 4.79 Å². The third-order valence-electron chi connectivity index (χ3n) is 3.75. The predicted octanol–water partition coefficient (Wildman–Crippen LogP) is 3.03. The highest BCUT2D eigenvalue weighted by atomic mass is 16.4. The number of benzene rings is 1. The van der Waals surface area contributed by atoms with Gasteiger partial charge >= 0.3 is 5.97 Å². The van der Waals surface area contributed by atoms with Crippen LogP contribution < -0.4 is 0 Å². The fourth-order valence-electron chi connectivity index (χ4n) is 2.67. The molecule has 2 rings (SSSR count). The number of hydrogen-bond donors (Lipinski definition) is 1. The average molecular weight is 296 g/mol. The SMILES string of the molecule is CCc1c(C#N)c(-c2ccc(C(C)=O)cc2)c(C(=O)O)n1C. The molecular weight excluding hydrogens is 280 g/mol. The first-order chi connectivity index (χ1) is 10.4. The molecule has 0 fully saturated rings. The number of aromatic nitrogens is 1. The quantitative estimate of drug-likeness (QED) is 0.879. The maximum absolute atomic E-state index is 11.6. The Morgan fingerprint density at radius 2 is 1.86 bits per heavy atom. The van der Waals surface area contributed by atoms with E-state index in [1.807, 2.05) is 6.92 Å². The van der Waals surface area contributed by atoms with Crippen LogP contribution in [0.4, 0.5) is 0 Å². The Morgan fingerprint density at radius 1 is 1.27 bits per heavy atom. The highest BCUT2D eigenvalue weighted by Crippen LogP contribution is 2.32. The highest BCUT2D eigenvalue weighted by molar-refractivity contribution is 5.98. The van der Waals surface area contributed by atoms with Gasteiger partial charge in [-0.2, -0.15) is 5.26 Å². The topological polar surface area (TPSA) is 83.1 Å². The van der Waals surface area contributed by atoms with Crippen LogP contribution in [0.25, 0.3) is 11.1 Å². The van der Waals surface area contributed by atoms with Crippen LogP contribution in [0.1, 0.15) is 46.0 Å². The molecule has 0 aliphatic carbocycles. The zero-order chi connectivity index (χ0) is 16.4. The number of rotatable bonds is 4. The lowest BCUT2D eigenvalue weighted by Gasteiger charge is -2.05. The molecule has 2 aromatic rings. The zero-order valence-corrected chi connectivity index (χ0v) is 12.7. The lowest BCUT2D eigenvalue weighted by Crippen LogP contribution is -2.07. The summed E-state index contributed by atoms with van der Waals surface area (Å²) >= 11 is 0. The number of aromatic carboxylic acids is 1. The Kier molecular flexibility index (Phi) is 4.13. The molecule has 5 heteroatoms. The van der Waals surface area contributed by atoms with Crippen LogP contribution in [0.5, 0.6) is 0 Å². The molecular formula is C17H16N2O3. The van der Waals surface area contributed by atoms with E-state index in [2.05, 4.69) is 6.07 Å². The molecule has 112 valence electrons. The predicted molar refractivity (Wildman–Crippen MR) is 81.9 cm³/mol. The molecule has 1 aromatic heterocycles. The van der Waals surface area contributed by atoms with Crippen molar-refractivity contribution >= 4 is 11.8 Å². The van der Waals surface area contributed by atoms with Gasteiger partial charge in [0, 0.05) is 23.9 Å². The van der Waals surface area contributed by atoms with Crippen LogP contribution in [-0.2, 0) is 13.5 Å². The van der Waals surface area contributed by atoms with E-state index in [9.17, 15) is 20.0 Å². The van der Waals surface area contributed by atoms with Crippen molar-refractivity contribution in [1.29, 1.82) is 5.26 Å². The molecule has 0 spiro atoms. The van der Waals surface area contributed by atoms with Gasteiger partial charge in [-0.15, -0.1) is 0 Å². The second kappa shape index (κ2) is 5.86. The van der Waals surface area contributed by atoms with E-state index in [-0.39, 0.29) is 11.5 Å². The largest absolute Gasteiger partial charge is 0.477 e. The summed E-state index contributed by atoms with van der Waals surface area (Å²) < 4.78 is 1.55. The molecule has 0 bridgehead atoms. The first kappa shape index (κ1) is 15.5. The van der Waals surface area contributed by atoms with Gasteiger partial charge in [-0.25, -0.2) is 4.79 Å². The van der Waals surface area contributed by atoms with E-state index in [0.29, 0.717) is 34.4 Å². The second-order valence-electron chi connectivity index (χ2n) is 5.01. The molecule has 0 radical (unpaired) electrons. The summed E-state index contributed by atoms with van der Waals surface area (Å²) in [6.07, 6.45) is 0.561. The minimum Gasteiger partial charge on any atom is -0.477 e. The van der Waals surface area contributed by atoms with Crippen LogP contribution in [0.3, 0.4) is 0 Å². The van der Waals surface area contributed by atoms with E-state index in [0.717, 1.165) is 0 Å².